The molecule has 0 heterocycles. The second-order valence-electron chi connectivity index (χ2n) is 5.84. The number of thioether (sulfide) groups is 1. The number of hydrogen-bond donors (Lipinski definition) is 1. The summed E-state index contributed by atoms with van der Waals surface area (Å²) in [6.45, 7) is 8.92. The van der Waals surface area contributed by atoms with Gasteiger partial charge in [0.05, 0.1) is 4.90 Å². The van der Waals surface area contributed by atoms with Crippen LogP contribution in [0.25, 0.3) is 0 Å². The summed E-state index contributed by atoms with van der Waals surface area (Å²) in [5.41, 5.74) is -4.39. The maximum Gasteiger partial charge on any atom is 0.446 e. The molecular formula is C15H23F3N2O2S2. The Kier molecular flexibility index (Phi) is 7.58. The van der Waals surface area contributed by atoms with E-state index in [1.54, 1.807) is 0 Å². The molecule has 1 N–H and O–H groups in total. The van der Waals surface area contributed by atoms with Crippen molar-refractivity contribution in [1.29, 1.82) is 0 Å². The van der Waals surface area contributed by atoms with Crippen LogP contribution in [-0.2, 0) is 10.0 Å². The molecule has 0 unspecified atom stereocenters. The van der Waals surface area contributed by atoms with E-state index in [0.717, 1.165) is 12.1 Å². The van der Waals surface area contributed by atoms with Crippen molar-refractivity contribution in [1.82, 2.24) is 9.62 Å². The smallest absolute Gasteiger partial charge is 0.297 e. The first-order valence-corrected chi connectivity index (χ1v) is 9.83. The van der Waals surface area contributed by atoms with E-state index < -0.39 is 15.5 Å². The zero-order chi connectivity index (χ0) is 18.5. The number of nitrogens with one attached hydrogen (secondary N) is 1. The molecule has 1 aromatic rings. The Morgan fingerprint density at radius 1 is 1.08 bits per heavy atom. The highest BCUT2D eigenvalue weighted by molar-refractivity contribution is 8.00. The first-order chi connectivity index (χ1) is 10.9. The Bertz CT molecular complexity index is 607. The van der Waals surface area contributed by atoms with Gasteiger partial charge in [-0.15, -0.1) is 0 Å². The summed E-state index contributed by atoms with van der Waals surface area (Å²) in [5.74, 6) is 0. The minimum atomic E-state index is -4.39. The number of halogens is 3. The van der Waals surface area contributed by atoms with Gasteiger partial charge in [-0.05, 0) is 63.7 Å². The van der Waals surface area contributed by atoms with Crippen LogP contribution >= 0.6 is 11.8 Å². The van der Waals surface area contributed by atoms with Crippen LogP contribution in [0.5, 0.6) is 0 Å². The highest BCUT2D eigenvalue weighted by Gasteiger charge is 2.29. The van der Waals surface area contributed by atoms with E-state index in [1.165, 1.54) is 12.1 Å². The molecule has 138 valence electrons. The lowest BCUT2D eigenvalue weighted by molar-refractivity contribution is -0.0328. The standard InChI is InChI=1S/C15H23F3N2O2S2/c1-11(2)20(12(3)4)10-9-19-24(21,22)14-7-5-13(6-8-14)23-15(16,17)18/h5-8,11-12,19H,9-10H2,1-4H3. The number of benzene rings is 1. The van der Waals surface area contributed by atoms with E-state index in [9.17, 15) is 21.6 Å². The van der Waals surface area contributed by atoms with Crippen LogP contribution in [0.2, 0.25) is 0 Å². The lowest BCUT2D eigenvalue weighted by atomic mass is 10.2. The third kappa shape index (κ3) is 7.00. The van der Waals surface area contributed by atoms with Gasteiger partial charge in [-0.25, -0.2) is 13.1 Å². The summed E-state index contributed by atoms with van der Waals surface area (Å²) in [6.07, 6.45) is 0. The molecule has 1 rings (SSSR count). The van der Waals surface area contributed by atoms with E-state index in [1.807, 2.05) is 27.7 Å². The van der Waals surface area contributed by atoms with Gasteiger partial charge >= 0.3 is 5.51 Å². The van der Waals surface area contributed by atoms with E-state index in [0.29, 0.717) is 6.54 Å². The molecule has 0 amide bonds. The highest BCUT2D eigenvalue weighted by atomic mass is 32.2. The second-order valence-corrected chi connectivity index (χ2v) is 8.75. The zero-order valence-corrected chi connectivity index (χ0v) is 15.7. The van der Waals surface area contributed by atoms with E-state index >= 15 is 0 Å². The SMILES string of the molecule is CC(C)N(CCNS(=O)(=O)c1ccc(SC(F)(F)F)cc1)C(C)C. The summed E-state index contributed by atoms with van der Waals surface area (Å²) >= 11 is -0.274. The molecule has 0 aliphatic carbocycles. The Hall–Kier alpha value is -0.770. The molecule has 0 radical (unpaired) electrons. The van der Waals surface area contributed by atoms with Crippen molar-refractivity contribution in [2.45, 2.75) is 55.1 Å². The van der Waals surface area contributed by atoms with Gasteiger partial charge in [0.15, 0.2) is 0 Å². The molecule has 0 bridgehead atoms. The average Bonchev–Trinajstić information content (AvgIpc) is 2.41. The van der Waals surface area contributed by atoms with E-state index in [-0.39, 0.29) is 40.2 Å². The van der Waals surface area contributed by atoms with Crippen LogP contribution in [0.4, 0.5) is 13.2 Å². The van der Waals surface area contributed by atoms with Crippen LogP contribution in [-0.4, -0.2) is 44.0 Å². The fourth-order valence-electron chi connectivity index (χ4n) is 2.33. The van der Waals surface area contributed by atoms with Crippen LogP contribution in [0.1, 0.15) is 27.7 Å². The van der Waals surface area contributed by atoms with Crippen LogP contribution in [0.3, 0.4) is 0 Å². The van der Waals surface area contributed by atoms with Crippen molar-refractivity contribution in [3.8, 4) is 0 Å². The number of rotatable bonds is 8. The Morgan fingerprint density at radius 2 is 1.58 bits per heavy atom. The molecule has 0 aliphatic rings. The number of alkyl halides is 3. The molecule has 0 atom stereocenters. The van der Waals surface area contributed by atoms with Crippen molar-refractivity contribution in [2.75, 3.05) is 13.1 Å². The lowest BCUT2D eigenvalue weighted by Gasteiger charge is -2.30. The summed E-state index contributed by atoms with van der Waals surface area (Å²) in [6, 6.07) is 5.24. The highest BCUT2D eigenvalue weighted by Crippen LogP contribution is 2.36. The van der Waals surface area contributed by atoms with Gasteiger partial charge in [0.25, 0.3) is 0 Å². The summed E-state index contributed by atoms with van der Waals surface area (Å²) < 4.78 is 63.7. The van der Waals surface area contributed by atoms with Gasteiger partial charge in [-0.1, -0.05) is 0 Å². The minimum Gasteiger partial charge on any atom is -0.297 e. The molecule has 24 heavy (non-hydrogen) atoms. The molecule has 4 nitrogen and oxygen atoms in total. The van der Waals surface area contributed by atoms with Gasteiger partial charge in [-0.3, -0.25) is 4.90 Å². The molecule has 0 saturated carbocycles. The Balaban J connectivity index is 2.68. The second kappa shape index (κ2) is 8.55. The molecular weight excluding hydrogens is 361 g/mol. The lowest BCUT2D eigenvalue weighted by Crippen LogP contribution is -2.42. The van der Waals surface area contributed by atoms with Crippen molar-refractivity contribution < 1.29 is 21.6 Å². The van der Waals surface area contributed by atoms with Gasteiger partial charge < -0.3 is 0 Å². The Morgan fingerprint density at radius 3 is 2.00 bits per heavy atom. The molecule has 1 aromatic carbocycles. The van der Waals surface area contributed by atoms with Crippen molar-refractivity contribution in [3.05, 3.63) is 24.3 Å². The summed E-state index contributed by atoms with van der Waals surface area (Å²) in [5, 5.41) is 0. The average molecular weight is 384 g/mol. The molecule has 0 aromatic heterocycles. The first kappa shape index (κ1) is 21.3. The first-order valence-electron chi connectivity index (χ1n) is 7.53. The number of sulfonamides is 1. The van der Waals surface area contributed by atoms with Crippen LogP contribution in [0.15, 0.2) is 34.1 Å². The maximum absolute atomic E-state index is 12.3. The number of hydrogen-bond acceptors (Lipinski definition) is 4. The molecule has 0 saturated heterocycles. The van der Waals surface area contributed by atoms with E-state index in [4.69, 9.17) is 0 Å². The predicted octanol–water partition coefficient (Wildman–Crippen LogP) is 3.70. The summed E-state index contributed by atoms with van der Waals surface area (Å²) in [4.78, 5) is 2.05. The summed E-state index contributed by atoms with van der Waals surface area (Å²) in [7, 11) is -3.73. The van der Waals surface area contributed by atoms with Crippen LogP contribution < -0.4 is 4.72 Å². The van der Waals surface area contributed by atoms with Gasteiger partial charge in [0.1, 0.15) is 0 Å². The van der Waals surface area contributed by atoms with Crippen molar-refractivity contribution in [3.63, 3.8) is 0 Å². The quantitative estimate of drug-likeness (QED) is 0.695. The molecule has 0 spiro atoms. The fraction of sp³-hybridized carbons (Fsp3) is 0.600. The van der Waals surface area contributed by atoms with E-state index in [2.05, 4.69) is 9.62 Å². The Labute approximate surface area is 145 Å². The van der Waals surface area contributed by atoms with Crippen molar-refractivity contribution >= 4 is 21.8 Å². The van der Waals surface area contributed by atoms with Gasteiger partial charge in [0.2, 0.25) is 10.0 Å². The largest absolute Gasteiger partial charge is 0.446 e. The van der Waals surface area contributed by atoms with Gasteiger partial charge in [-0.2, -0.15) is 13.2 Å². The molecule has 0 aliphatic heterocycles. The number of nitrogens with zero attached hydrogens (tertiary/aromatic N) is 1. The zero-order valence-electron chi connectivity index (χ0n) is 14.1. The third-order valence-corrected chi connectivity index (χ3v) is 5.57. The third-order valence-electron chi connectivity index (χ3n) is 3.36. The molecule has 9 heteroatoms. The maximum atomic E-state index is 12.3. The van der Waals surface area contributed by atoms with Crippen molar-refractivity contribution in [2.24, 2.45) is 0 Å². The fourth-order valence-corrected chi connectivity index (χ4v) is 3.89. The normalized spacial score (nSPS) is 13.2. The molecule has 0 fully saturated rings. The topological polar surface area (TPSA) is 49.4 Å². The minimum absolute atomic E-state index is 0.0466. The van der Waals surface area contributed by atoms with Gasteiger partial charge in [0, 0.05) is 30.1 Å². The predicted molar refractivity (Wildman–Crippen MR) is 90.5 cm³/mol. The monoisotopic (exact) mass is 384 g/mol. The van der Waals surface area contributed by atoms with Crippen LogP contribution in [0, 0.1) is 0 Å².